The summed E-state index contributed by atoms with van der Waals surface area (Å²) in [5.74, 6) is -0.786. The van der Waals surface area contributed by atoms with Crippen molar-refractivity contribution >= 4 is 5.91 Å². The first-order valence-electron chi connectivity index (χ1n) is 4.55. The maximum absolute atomic E-state index is 12.2. The van der Waals surface area contributed by atoms with Gasteiger partial charge in [0.15, 0.2) is 5.69 Å². The topological polar surface area (TPSA) is 83.0 Å². The van der Waals surface area contributed by atoms with Crippen LogP contribution in [0.2, 0.25) is 0 Å². The van der Waals surface area contributed by atoms with E-state index in [1.54, 1.807) is 0 Å². The Morgan fingerprint density at radius 2 is 2.31 bits per heavy atom. The van der Waals surface area contributed by atoms with Crippen LogP contribution < -0.4 is 5.73 Å². The number of nitrogens with zero attached hydrogens (tertiary/aromatic N) is 3. The molecule has 0 aliphatic rings. The standard InChI is InChI=1S/C8H12F2N4O2/c1-16-3-2-5-7(8(11)15)12-13-14(5)4-6(9)10/h6H,2-4H2,1H3,(H2,11,15). The molecule has 1 aromatic rings. The molecule has 2 N–H and O–H groups in total. The van der Waals surface area contributed by atoms with Gasteiger partial charge in [-0.2, -0.15) is 0 Å². The molecule has 1 heterocycles. The molecule has 0 bridgehead atoms. The molecule has 0 saturated heterocycles. The lowest BCUT2D eigenvalue weighted by molar-refractivity contribution is 0.0992. The molecule has 0 unspecified atom stereocenters. The summed E-state index contributed by atoms with van der Waals surface area (Å²) in [6.45, 7) is -0.337. The van der Waals surface area contributed by atoms with E-state index in [0.717, 1.165) is 4.68 Å². The van der Waals surface area contributed by atoms with Gasteiger partial charge in [-0.1, -0.05) is 5.21 Å². The Kier molecular flexibility index (Phi) is 4.29. The zero-order valence-corrected chi connectivity index (χ0v) is 8.69. The van der Waals surface area contributed by atoms with Crippen molar-refractivity contribution in [1.29, 1.82) is 0 Å². The third-order valence-corrected chi connectivity index (χ3v) is 1.92. The summed E-state index contributed by atoms with van der Waals surface area (Å²) in [5.41, 5.74) is 5.23. The minimum Gasteiger partial charge on any atom is -0.384 e. The molecule has 90 valence electrons. The van der Waals surface area contributed by atoms with E-state index in [0.29, 0.717) is 0 Å². The predicted octanol–water partition coefficient (Wildman–Crippen LogP) is -0.169. The molecule has 16 heavy (non-hydrogen) atoms. The number of amides is 1. The number of halogens is 2. The zero-order chi connectivity index (χ0) is 12.1. The largest absolute Gasteiger partial charge is 0.384 e. The van der Waals surface area contributed by atoms with Gasteiger partial charge in [0, 0.05) is 13.5 Å². The summed E-state index contributed by atoms with van der Waals surface area (Å²) in [4.78, 5) is 11.0. The molecule has 8 heteroatoms. The van der Waals surface area contributed by atoms with Gasteiger partial charge in [0.25, 0.3) is 12.3 Å². The van der Waals surface area contributed by atoms with Crippen molar-refractivity contribution in [1.82, 2.24) is 15.0 Å². The predicted molar refractivity (Wildman–Crippen MR) is 50.1 cm³/mol. The maximum atomic E-state index is 12.2. The van der Waals surface area contributed by atoms with Crippen LogP contribution >= 0.6 is 0 Å². The second-order valence-corrected chi connectivity index (χ2v) is 3.06. The first kappa shape index (κ1) is 12.5. The Labute approximate surface area is 90.4 Å². The van der Waals surface area contributed by atoms with Gasteiger partial charge in [-0.25, -0.2) is 13.5 Å². The lowest BCUT2D eigenvalue weighted by Gasteiger charge is -2.05. The van der Waals surface area contributed by atoms with Crippen LogP contribution in [0.1, 0.15) is 16.2 Å². The monoisotopic (exact) mass is 234 g/mol. The van der Waals surface area contributed by atoms with Gasteiger partial charge in [-0.3, -0.25) is 4.79 Å². The maximum Gasteiger partial charge on any atom is 0.271 e. The Balaban J connectivity index is 2.94. The Morgan fingerprint density at radius 1 is 1.62 bits per heavy atom. The quantitative estimate of drug-likeness (QED) is 0.740. The minimum absolute atomic E-state index is 0.0855. The molecule has 1 rings (SSSR count). The second kappa shape index (κ2) is 5.50. The molecule has 0 spiro atoms. The fraction of sp³-hybridized carbons (Fsp3) is 0.625. The van der Waals surface area contributed by atoms with Crippen LogP contribution in [-0.4, -0.2) is 41.0 Å². The highest BCUT2D eigenvalue weighted by Crippen LogP contribution is 2.08. The number of aromatic nitrogens is 3. The molecule has 0 aliphatic carbocycles. The molecular weight excluding hydrogens is 222 g/mol. The van der Waals surface area contributed by atoms with Gasteiger partial charge in [0.05, 0.1) is 12.3 Å². The van der Waals surface area contributed by atoms with E-state index in [1.807, 2.05) is 0 Å². The normalized spacial score (nSPS) is 11.0. The van der Waals surface area contributed by atoms with Gasteiger partial charge < -0.3 is 10.5 Å². The fourth-order valence-corrected chi connectivity index (χ4v) is 1.25. The summed E-state index contributed by atoms with van der Waals surface area (Å²) in [7, 11) is 1.46. The smallest absolute Gasteiger partial charge is 0.271 e. The van der Waals surface area contributed by atoms with Gasteiger partial charge >= 0.3 is 0 Å². The Morgan fingerprint density at radius 3 is 2.81 bits per heavy atom. The minimum atomic E-state index is -2.57. The number of primary amides is 1. The van der Waals surface area contributed by atoms with Crippen molar-refractivity contribution in [3.05, 3.63) is 11.4 Å². The highest BCUT2D eigenvalue weighted by molar-refractivity contribution is 5.91. The van der Waals surface area contributed by atoms with Crippen LogP contribution in [0.15, 0.2) is 0 Å². The van der Waals surface area contributed by atoms with Crippen molar-refractivity contribution < 1.29 is 18.3 Å². The molecule has 0 atom stereocenters. The number of carbonyl (C=O) groups is 1. The first-order chi connectivity index (χ1) is 7.56. The molecule has 0 aromatic carbocycles. The van der Waals surface area contributed by atoms with E-state index in [2.05, 4.69) is 10.3 Å². The van der Waals surface area contributed by atoms with Crippen LogP contribution in [0, 0.1) is 0 Å². The van der Waals surface area contributed by atoms with Crippen molar-refractivity contribution in [2.75, 3.05) is 13.7 Å². The Hall–Kier alpha value is -1.57. The number of rotatable bonds is 6. The van der Waals surface area contributed by atoms with Crippen molar-refractivity contribution in [2.45, 2.75) is 19.4 Å². The number of hydrogen-bond acceptors (Lipinski definition) is 4. The number of ether oxygens (including phenoxy) is 1. The van der Waals surface area contributed by atoms with E-state index in [1.165, 1.54) is 7.11 Å². The van der Waals surface area contributed by atoms with Crippen molar-refractivity contribution in [3.63, 3.8) is 0 Å². The summed E-state index contributed by atoms with van der Waals surface area (Å²) < 4.78 is 30.2. The van der Waals surface area contributed by atoms with Gasteiger partial charge in [0.2, 0.25) is 0 Å². The molecule has 0 fully saturated rings. The third-order valence-electron chi connectivity index (χ3n) is 1.92. The lowest BCUT2D eigenvalue weighted by Crippen LogP contribution is -2.18. The highest BCUT2D eigenvalue weighted by atomic mass is 19.3. The molecule has 0 saturated carbocycles. The number of hydrogen-bond donors (Lipinski definition) is 1. The number of alkyl halides is 2. The molecular formula is C8H12F2N4O2. The molecule has 0 radical (unpaired) electrons. The average molecular weight is 234 g/mol. The van der Waals surface area contributed by atoms with Crippen LogP contribution in [0.25, 0.3) is 0 Å². The van der Waals surface area contributed by atoms with E-state index >= 15 is 0 Å². The lowest BCUT2D eigenvalue weighted by atomic mass is 10.2. The second-order valence-electron chi connectivity index (χ2n) is 3.06. The van der Waals surface area contributed by atoms with Crippen molar-refractivity contribution in [3.8, 4) is 0 Å². The summed E-state index contributed by atoms with van der Waals surface area (Å²) in [5, 5.41) is 6.93. The van der Waals surface area contributed by atoms with E-state index in [-0.39, 0.29) is 24.4 Å². The molecule has 1 aromatic heterocycles. The molecule has 6 nitrogen and oxygen atoms in total. The number of carbonyl (C=O) groups excluding carboxylic acids is 1. The zero-order valence-electron chi connectivity index (χ0n) is 8.69. The van der Waals surface area contributed by atoms with Gasteiger partial charge in [-0.15, -0.1) is 5.10 Å². The molecule has 1 amide bonds. The van der Waals surface area contributed by atoms with Gasteiger partial charge in [-0.05, 0) is 0 Å². The fourth-order valence-electron chi connectivity index (χ4n) is 1.25. The van der Waals surface area contributed by atoms with Crippen LogP contribution in [-0.2, 0) is 17.7 Å². The first-order valence-corrected chi connectivity index (χ1v) is 4.55. The summed E-state index contributed by atoms with van der Waals surface area (Å²) in [6, 6.07) is 0. The van der Waals surface area contributed by atoms with Crippen LogP contribution in [0.4, 0.5) is 8.78 Å². The van der Waals surface area contributed by atoms with E-state index in [9.17, 15) is 13.6 Å². The third kappa shape index (κ3) is 2.96. The van der Waals surface area contributed by atoms with Crippen molar-refractivity contribution in [2.24, 2.45) is 5.73 Å². The van der Waals surface area contributed by atoms with Crippen LogP contribution in [0.5, 0.6) is 0 Å². The van der Waals surface area contributed by atoms with Gasteiger partial charge in [0.1, 0.15) is 6.54 Å². The number of methoxy groups -OCH3 is 1. The SMILES string of the molecule is COCCc1c(C(N)=O)nnn1CC(F)F. The molecule has 0 aliphatic heterocycles. The number of nitrogens with two attached hydrogens (primary N) is 1. The highest BCUT2D eigenvalue weighted by Gasteiger charge is 2.19. The summed E-state index contributed by atoms with van der Waals surface area (Å²) >= 11 is 0. The van der Waals surface area contributed by atoms with Crippen LogP contribution in [0.3, 0.4) is 0 Å². The van der Waals surface area contributed by atoms with E-state index in [4.69, 9.17) is 10.5 Å². The Bertz CT molecular complexity index is 367. The summed E-state index contributed by atoms with van der Waals surface area (Å²) in [6.07, 6.45) is -2.31. The average Bonchev–Trinajstić information content (AvgIpc) is 2.57. The van der Waals surface area contributed by atoms with E-state index < -0.39 is 18.9 Å².